The third-order valence-corrected chi connectivity index (χ3v) is 7.89. The van der Waals surface area contributed by atoms with Crippen molar-refractivity contribution in [3.05, 3.63) is 53.6 Å². The number of fused-ring (bicyclic) bond motifs is 3. The highest BCUT2D eigenvalue weighted by Gasteiger charge is 2.44. The summed E-state index contributed by atoms with van der Waals surface area (Å²) in [5, 5.41) is -0.582. The Labute approximate surface area is 195 Å². The van der Waals surface area contributed by atoms with E-state index in [9.17, 15) is 14.4 Å². The molecule has 0 N–H and O–H groups in total. The number of para-hydroxylation sites is 1. The average molecular weight is 466 g/mol. The van der Waals surface area contributed by atoms with Gasteiger partial charge in [-0.05, 0) is 42.7 Å². The van der Waals surface area contributed by atoms with Gasteiger partial charge in [0.15, 0.2) is 16.9 Å². The van der Waals surface area contributed by atoms with Gasteiger partial charge >= 0.3 is 0 Å². The summed E-state index contributed by atoms with van der Waals surface area (Å²) in [5.41, 5.74) is 1.98. The number of anilines is 1. The maximum absolute atomic E-state index is 13.5. The molecule has 0 bridgehead atoms. The van der Waals surface area contributed by atoms with Gasteiger partial charge in [0.25, 0.3) is 11.8 Å². The van der Waals surface area contributed by atoms with Crippen molar-refractivity contribution in [3.8, 4) is 11.5 Å². The number of rotatable bonds is 3. The molecule has 0 aromatic heterocycles. The average Bonchev–Trinajstić information content (AvgIpc) is 3.59. The van der Waals surface area contributed by atoms with Crippen molar-refractivity contribution in [2.24, 2.45) is 0 Å². The monoisotopic (exact) mass is 465 g/mol. The number of hydrogen-bond donors (Lipinski definition) is 0. The first-order valence-corrected chi connectivity index (χ1v) is 12.2. The Morgan fingerprint density at radius 1 is 1.06 bits per heavy atom. The van der Waals surface area contributed by atoms with E-state index in [0.717, 1.165) is 18.4 Å². The molecule has 6 rings (SSSR count). The van der Waals surface area contributed by atoms with Gasteiger partial charge in [0, 0.05) is 18.8 Å². The number of amides is 3. The first-order chi connectivity index (χ1) is 16.1. The Kier molecular flexibility index (Phi) is 4.94. The molecule has 0 saturated carbocycles. The summed E-state index contributed by atoms with van der Waals surface area (Å²) in [5.74, 6) is 1.64. The molecule has 8 nitrogen and oxygen atoms in total. The van der Waals surface area contributed by atoms with Crippen LogP contribution in [0.15, 0.2) is 42.5 Å². The minimum absolute atomic E-state index is 0.0803. The Hall–Kier alpha value is -3.20. The van der Waals surface area contributed by atoms with Crippen molar-refractivity contribution in [2.45, 2.75) is 24.3 Å². The van der Waals surface area contributed by atoms with Crippen LogP contribution in [0.1, 0.15) is 34.8 Å². The second-order valence-corrected chi connectivity index (χ2v) is 9.71. The van der Waals surface area contributed by atoms with Crippen molar-refractivity contribution in [1.29, 1.82) is 0 Å². The summed E-state index contributed by atoms with van der Waals surface area (Å²) in [6.45, 7) is 1.28. The highest BCUT2D eigenvalue weighted by atomic mass is 32.2. The van der Waals surface area contributed by atoms with Crippen LogP contribution in [0.5, 0.6) is 11.5 Å². The number of benzene rings is 2. The lowest BCUT2D eigenvalue weighted by molar-refractivity contribution is -0.132. The van der Waals surface area contributed by atoms with Gasteiger partial charge in [0.1, 0.15) is 6.54 Å². The van der Waals surface area contributed by atoms with E-state index in [1.807, 2.05) is 23.1 Å². The van der Waals surface area contributed by atoms with E-state index in [1.54, 1.807) is 29.2 Å². The molecule has 3 amide bonds. The van der Waals surface area contributed by atoms with Crippen molar-refractivity contribution >= 4 is 35.2 Å². The highest BCUT2D eigenvalue weighted by Crippen LogP contribution is 2.40. The summed E-state index contributed by atoms with van der Waals surface area (Å²) >= 11 is 1.46. The zero-order chi connectivity index (χ0) is 22.5. The third-order valence-electron chi connectivity index (χ3n) is 6.70. The normalized spacial score (nSPS) is 23.6. The van der Waals surface area contributed by atoms with Gasteiger partial charge in [0.05, 0.1) is 17.3 Å². The lowest BCUT2D eigenvalue weighted by Crippen LogP contribution is -2.47. The number of likely N-dealkylation sites (tertiary alicyclic amines) is 1. The molecule has 170 valence electrons. The molecule has 4 aliphatic heterocycles. The van der Waals surface area contributed by atoms with E-state index in [4.69, 9.17) is 9.47 Å². The maximum atomic E-state index is 13.5. The van der Waals surface area contributed by atoms with Crippen LogP contribution in [0.4, 0.5) is 5.69 Å². The first-order valence-electron chi connectivity index (χ1n) is 11.1. The number of thioether (sulfide) groups is 1. The van der Waals surface area contributed by atoms with E-state index < -0.39 is 5.37 Å². The fourth-order valence-electron chi connectivity index (χ4n) is 5.10. The van der Waals surface area contributed by atoms with Crippen molar-refractivity contribution in [3.63, 3.8) is 0 Å². The van der Waals surface area contributed by atoms with Crippen molar-refractivity contribution in [2.75, 3.05) is 37.1 Å². The largest absolute Gasteiger partial charge is 0.454 e. The summed E-state index contributed by atoms with van der Waals surface area (Å²) in [4.78, 5) is 45.1. The zero-order valence-corrected chi connectivity index (χ0v) is 18.8. The molecular formula is C24H23N3O5S. The molecule has 4 heterocycles. The summed E-state index contributed by atoms with van der Waals surface area (Å²) < 4.78 is 10.9. The van der Waals surface area contributed by atoms with Crippen LogP contribution in [0.3, 0.4) is 0 Å². The molecule has 2 aromatic rings. The van der Waals surface area contributed by atoms with Crippen molar-refractivity contribution < 1.29 is 23.9 Å². The van der Waals surface area contributed by atoms with Crippen LogP contribution in [0.2, 0.25) is 0 Å². The number of hydrogen-bond acceptors (Lipinski definition) is 6. The molecule has 2 saturated heterocycles. The van der Waals surface area contributed by atoms with Crippen molar-refractivity contribution in [1.82, 2.24) is 9.80 Å². The molecule has 2 atom stereocenters. The Bertz CT molecular complexity index is 1150. The van der Waals surface area contributed by atoms with Gasteiger partial charge < -0.3 is 19.3 Å². The fourth-order valence-corrected chi connectivity index (χ4v) is 6.28. The Balaban J connectivity index is 1.29. The van der Waals surface area contributed by atoms with E-state index in [-0.39, 0.29) is 37.1 Å². The predicted molar refractivity (Wildman–Crippen MR) is 122 cm³/mol. The minimum atomic E-state index is -0.582. The lowest BCUT2D eigenvalue weighted by Gasteiger charge is -2.30. The quantitative estimate of drug-likeness (QED) is 0.694. The van der Waals surface area contributed by atoms with E-state index in [1.165, 1.54) is 16.7 Å². The molecule has 2 fully saturated rings. The highest BCUT2D eigenvalue weighted by molar-refractivity contribution is 8.00. The van der Waals surface area contributed by atoms with Gasteiger partial charge in [-0.3, -0.25) is 19.3 Å². The van der Waals surface area contributed by atoms with Gasteiger partial charge in [0.2, 0.25) is 12.7 Å². The van der Waals surface area contributed by atoms with Gasteiger partial charge in [-0.2, -0.15) is 0 Å². The Morgan fingerprint density at radius 3 is 2.82 bits per heavy atom. The van der Waals surface area contributed by atoms with E-state index in [0.29, 0.717) is 41.6 Å². The lowest BCUT2D eigenvalue weighted by atomic mass is 10.0. The maximum Gasteiger partial charge on any atom is 0.260 e. The molecule has 0 spiro atoms. The smallest absolute Gasteiger partial charge is 0.260 e. The van der Waals surface area contributed by atoms with Crippen LogP contribution < -0.4 is 14.4 Å². The van der Waals surface area contributed by atoms with E-state index in [2.05, 4.69) is 0 Å². The SMILES string of the molecule is O=C1C2SCCN2C(=O)c2ccccc2N1CC(=O)N1CCCC1c1ccc2c(c1)OCO2. The fraction of sp³-hybridized carbons (Fsp3) is 0.375. The van der Waals surface area contributed by atoms with Crippen LogP contribution in [0.25, 0.3) is 0 Å². The van der Waals surface area contributed by atoms with Gasteiger partial charge in [-0.1, -0.05) is 18.2 Å². The third kappa shape index (κ3) is 3.33. The number of carbonyl (C=O) groups is 3. The summed E-state index contributed by atoms with van der Waals surface area (Å²) in [7, 11) is 0. The van der Waals surface area contributed by atoms with Gasteiger partial charge in [-0.25, -0.2) is 0 Å². The number of ether oxygens (including phenoxy) is 2. The standard InChI is InChI=1S/C24H23N3O5S/c28-21(25-9-3-6-17(25)15-7-8-19-20(12-15)32-14-31-19)13-27-18-5-2-1-4-16(18)22(29)26-10-11-33-24(26)23(27)30/h1-2,4-5,7-8,12,17,24H,3,6,9-11,13-14H2. The molecule has 0 aliphatic carbocycles. The second kappa shape index (κ2) is 7.98. The summed E-state index contributed by atoms with van der Waals surface area (Å²) in [6.07, 6.45) is 1.74. The van der Waals surface area contributed by atoms with Crippen LogP contribution in [-0.2, 0) is 9.59 Å². The predicted octanol–water partition coefficient (Wildman–Crippen LogP) is 2.64. The van der Waals surface area contributed by atoms with E-state index >= 15 is 0 Å². The molecule has 2 unspecified atom stereocenters. The molecule has 33 heavy (non-hydrogen) atoms. The minimum Gasteiger partial charge on any atom is -0.454 e. The van der Waals surface area contributed by atoms with Crippen LogP contribution in [-0.4, -0.2) is 65.1 Å². The van der Waals surface area contributed by atoms with Crippen LogP contribution in [0, 0.1) is 0 Å². The van der Waals surface area contributed by atoms with Gasteiger partial charge in [-0.15, -0.1) is 11.8 Å². The zero-order valence-electron chi connectivity index (χ0n) is 17.9. The number of carbonyl (C=O) groups excluding carboxylic acids is 3. The topological polar surface area (TPSA) is 79.4 Å². The first kappa shape index (κ1) is 20.4. The molecule has 0 radical (unpaired) electrons. The van der Waals surface area contributed by atoms with Crippen LogP contribution >= 0.6 is 11.8 Å². The second-order valence-electron chi connectivity index (χ2n) is 8.52. The molecule has 4 aliphatic rings. The molecule has 9 heteroatoms. The number of nitrogens with zero attached hydrogens (tertiary/aromatic N) is 3. The molecule has 2 aromatic carbocycles. The summed E-state index contributed by atoms with van der Waals surface area (Å²) in [6, 6.07) is 12.8. The molecular weight excluding hydrogens is 442 g/mol. The Morgan fingerprint density at radius 2 is 1.91 bits per heavy atom.